The van der Waals surface area contributed by atoms with Gasteiger partial charge in [0, 0.05) is 5.54 Å². The van der Waals surface area contributed by atoms with Crippen LogP contribution in [0.3, 0.4) is 0 Å². The third-order valence-corrected chi connectivity index (χ3v) is 2.73. The van der Waals surface area contributed by atoms with E-state index in [-0.39, 0.29) is 0 Å². The molecule has 0 aromatic rings. The molecule has 0 aromatic heterocycles. The van der Waals surface area contributed by atoms with Crippen molar-refractivity contribution in [1.82, 2.24) is 0 Å². The summed E-state index contributed by atoms with van der Waals surface area (Å²) in [6.45, 7) is 0. The molecule has 11 heavy (non-hydrogen) atoms. The number of hydrogen-bond acceptors (Lipinski definition) is 0. The van der Waals surface area contributed by atoms with Crippen LogP contribution in [-0.4, -0.2) is 0 Å². The van der Waals surface area contributed by atoms with Gasteiger partial charge < -0.3 is 0 Å². The van der Waals surface area contributed by atoms with Gasteiger partial charge in [0.1, 0.15) is 0 Å². The van der Waals surface area contributed by atoms with E-state index in [1.807, 2.05) is 0 Å². The highest BCUT2D eigenvalue weighted by Gasteiger charge is 2.11. The Morgan fingerprint density at radius 1 is 1.18 bits per heavy atom. The first kappa shape index (κ1) is 9.12. The van der Waals surface area contributed by atoms with E-state index in [1.54, 1.807) is 5.54 Å². The average molecular weight is 173 g/mol. The molecule has 64 valence electrons. The second kappa shape index (κ2) is 5.65. The zero-order valence-electron chi connectivity index (χ0n) is 7.06. The lowest BCUT2D eigenvalue weighted by molar-refractivity contribution is 0.341. The molecular weight excluding hydrogens is 156 g/mol. The normalized spacial score (nSPS) is 21.2. The molecule has 1 saturated carbocycles. The quantitative estimate of drug-likeness (QED) is 0.602. The Labute approximate surface area is 74.6 Å². The molecule has 1 aliphatic rings. The summed E-state index contributed by atoms with van der Waals surface area (Å²) in [6.07, 6.45) is 11.9. The smallest absolute Gasteiger partial charge is 0.000245 e. The average Bonchev–Trinajstić information content (AvgIpc) is 2.07. The van der Waals surface area contributed by atoms with E-state index in [4.69, 9.17) is 11.6 Å². The summed E-state index contributed by atoms with van der Waals surface area (Å²) in [5.74, 6) is 0.997. The lowest BCUT2D eigenvalue weighted by atomic mass is 9.86. The zero-order chi connectivity index (χ0) is 7.94. The van der Waals surface area contributed by atoms with Gasteiger partial charge in [-0.1, -0.05) is 49.8 Å². The summed E-state index contributed by atoms with van der Waals surface area (Å²) in [5, 5.41) is 0. The minimum atomic E-state index is 0.997. The fraction of sp³-hybridized carbons (Fsp3) is 0.800. The fourth-order valence-corrected chi connectivity index (χ4v) is 2.00. The van der Waals surface area contributed by atoms with Crippen LogP contribution in [0.1, 0.15) is 44.9 Å². The summed E-state index contributed by atoms with van der Waals surface area (Å²) in [7, 11) is 0. The van der Waals surface area contributed by atoms with Crippen LogP contribution >= 0.6 is 11.6 Å². The van der Waals surface area contributed by atoms with Crippen LogP contribution < -0.4 is 0 Å². The molecular formula is C10H17Cl. The van der Waals surface area contributed by atoms with Crippen molar-refractivity contribution >= 4 is 11.6 Å². The highest BCUT2D eigenvalue weighted by Crippen LogP contribution is 2.27. The summed E-state index contributed by atoms with van der Waals surface area (Å²) in [6, 6.07) is 0. The SMILES string of the molecule is Cl/C=C/CCC1CCCCC1. The van der Waals surface area contributed by atoms with Crippen molar-refractivity contribution in [3.8, 4) is 0 Å². The van der Waals surface area contributed by atoms with E-state index in [2.05, 4.69) is 6.08 Å². The molecule has 0 spiro atoms. The molecule has 0 atom stereocenters. The van der Waals surface area contributed by atoms with E-state index in [9.17, 15) is 0 Å². The van der Waals surface area contributed by atoms with Gasteiger partial charge in [-0.3, -0.25) is 0 Å². The molecule has 1 heteroatoms. The van der Waals surface area contributed by atoms with Gasteiger partial charge in [0.25, 0.3) is 0 Å². The van der Waals surface area contributed by atoms with Crippen molar-refractivity contribution in [2.75, 3.05) is 0 Å². The van der Waals surface area contributed by atoms with Crippen molar-refractivity contribution < 1.29 is 0 Å². The molecule has 0 bridgehead atoms. The van der Waals surface area contributed by atoms with Gasteiger partial charge in [0.2, 0.25) is 0 Å². The number of allylic oxidation sites excluding steroid dienone is 1. The Morgan fingerprint density at radius 2 is 1.91 bits per heavy atom. The minimum absolute atomic E-state index is 0.997. The topological polar surface area (TPSA) is 0 Å². The molecule has 0 heterocycles. The molecule has 1 aliphatic carbocycles. The van der Waals surface area contributed by atoms with Crippen LogP contribution in [0.5, 0.6) is 0 Å². The number of rotatable bonds is 3. The van der Waals surface area contributed by atoms with Crippen LogP contribution in [0.4, 0.5) is 0 Å². The fourth-order valence-electron chi connectivity index (χ4n) is 1.87. The standard InChI is InChI=1S/C10H17Cl/c11-9-5-4-8-10-6-2-1-3-7-10/h5,9-10H,1-4,6-8H2/b9-5+. The van der Waals surface area contributed by atoms with Gasteiger partial charge in [-0.25, -0.2) is 0 Å². The lowest BCUT2D eigenvalue weighted by Crippen LogP contribution is -2.05. The monoisotopic (exact) mass is 172 g/mol. The van der Waals surface area contributed by atoms with Crippen molar-refractivity contribution in [2.45, 2.75) is 44.9 Å². The van der Waals surface area contributed by atoms with E-state index in [1.165, 1.54) is 44.9 Å². The molecule has 0 aromatic carbocycles. The Bertz CT molecular complexity index is 112. The maximum atomic E-state index is 5.44. The Kier molecular flexibility index (Phi) is 4.69. The summed E-state index contributed by atoms with van der Waals surface area (Å²) >= 11 is 5.44. The largest absolute Gasteiger partial charge is 0.0933 e. The number of halogens is 1. The van der Waals surface area contributed by atoms with Gasteiger partial charge in [0.05, 0.1) is 0 Å². The van der Waals surface area contributed by atoms with Gasteiger partial charge in [-0.15, -0.1) is 0 Å². The van der Waals surface area contributed by atoms with Crippen LogP contribution in [0, 0.1) is 5.92 Å². The molecule has 0 unspecified atom stereocenters. The van der Waals surface area contributed by atoms with Gasteiger partial charge in [-0.2, -0.15) is 0 Å². The van der Waals surface area contributed by atoms with E-state index >= 15 is 0 Å². The highest BCUT2D eigenvalue weighted by molar-refractivity contribution is 6.25. The van der Waals surface area contributed by atoms with Crippen molar-refractivity contribution in [3.63, 3.8) is 0 Å². The van der Waals surface area contributed by atoms with E-state index in [0.29, 0.717) is 0 Å². The molecule has 0 N–H and O–H groups in total. The van der Waals surface area contributed by atoms with Crippen molar-refractivity contribution in [1.29, 1.82) is 0 Å². The molecule has 0 amide bonds. The van der Waals surface area contributed by atoms with Crippen molar-refractivity contribution in [3.05, 3.63) is 11.6 Å². The third kappa shape index (κ3) is 3.81. The molecule has 0 saturated heterocycles. The summed E-state index contributed by atoms with van der Waals surface area (Å²) in [5.41, 5.74) is 1.64. The predicted molar refractivity (Wildman–Crippen MR) is 50.8 cm³/mol. The predicted octanol–water partition coefficient (Wildman–Crippen LogP) is 4.10. The van der Waals surface area contributed by atoms with E-state index < -0.39 is 0 Å². The second-order valence-corrected chi connectivity index (χ2v) is 3.70. The van der Waals surface area contributed by atoms with Gasteiger partial charge in [0.15, 0.2) is 0 Å². The molecule has 0 radical (unpaired) electrons. The first-order chi connectivity index (χ1) is 5.43. The summed E-state index contributed by atoms with van der Waals surface area (Å²) < 4.78 is 0. The second-order valence-electron chi connectivity index (χ2n) is 3.44. The highest BCUT2D eigenvalue weighted by atomic mass is 35.5. The zero-order valence-corrected chi connectivity index (χ0v) is 7.82. The maximum Gasteiger partial charge on any atom is 0.000245 e. The molecule has 1 rings (SSSR count). The summed E-state index contributed by atoms with van der Waals surface area (Å²) in [4.78, 5) is 0. The maximum absolute atomic E-state index is 5.44. The Balaban J connectivity index is 2.04. The first-order valence-corrected chi connectivity index (χ1v) is 5.12. The van der Waals surface area contributed by atoms with Crippen LogP contribution in [0.15, 0.2) is 11.6 Å². The lowest BCUT2D eigenvalue weighted by Gasteiger charge is -2.20. The van der Waals surface area contributed by atoms with E-state index in [0.717, 1.165) is 5.92 Å². The molecule has 1 fully saturated rings. The van der Waals surface area contributed by atoms with Gasteiger partial charge in [-0.05, 0) is 18.8 Å². The minimum Gasteiger partial charge on any atom is -0.0933 e. The van der Waals surface area contributed by atoms with Crippen molar-refractivity contribution in [2.24, 2.45) is 5.92 Å². The van der Waals surface area contributed by atoms with Crippen LogP contribution in [0.2, 0.25) is 0 Å². The number of hydrogen-bond donors (Lipinski definition) is 0. The van der Waals surface area contributed by atoms with Crippen LogP contribution in [-0.2, 0) is 0 Å². The Hall–Kier alpha value is 0.0300. The Morgan fingerprint density at radius 3 is 2.55 bits per heavy atom. The van der Waals surface area contributed by atoms with Crippen LogP contribution in [0.25, 0.3) is 0 Å². The third-order valence-electron chi connectivity index (χ3n) is 2.56. The first-order valence-electron chi connectivity index (χ1n) is 4.68. The molecule has 0 nitrogen and oxygen atoms in total. The molecule has 0 aliphatic heterocycles. The van der Waals surface area contributed by atoms with Gasteiger partial charge >= 0.3 is 0 Å².